The molecule has 0 aromatic heterocycles. The van der Waals surface area contributed by atoms with E-state index in [1.54, 1.807) is 36.4 Å². The smallest absolute Gasteiger partial charge is 0.247 e. The van der Waals surface area contributed by atoms with Gasteiger partial charge in [0.05, 0.1) is 25.7 Å². The van der Waals surface area contributed by atoms with E-state index >= 15 is 0 Å². The Balaban J connectivity index is 2.36. The highest BCUT2D eigenvalue weighted by Crippen LogP contribution is 2.34. The van der Waals surface area contributed by atoms with Gasteiger partial charge in [-0.05, 0) is 44.2 Å². The van der Waals surface area contributed by atoms with Gasteiger partial charge in [0.1, 0.15) is 17.5 Å². The van der Waals surface area contributed by atoms with Crippen molar-refractivity contribution in [2.24, 2.45) is 0 Å². The number of carbonyl (C=O) groups is 1. The third kappa shape index (κ3) is 5.30. The fraction of sp³-hybridized carbons (Fsp3) is 0.316. The van der Waals surface area contributed by atoms with Gasteiger partial charge in [-0.25, -0.2) is 8.42 Å². The van der Waals surface area contributed by atoms with Gasteiger partial charge in [-0.2, -0.15) is 0 Å². The zero-order chi connectivity index (χ0) is 20.9. The maximum Gasteiger partial charge on any atom is 0.247 e. The molecule has 0 aliphatic rings. The topological polar surface area (TPSA) is 84.9 Å². The molecule has 0 heterocycles. The summed E-state index contributed by atoms with van der Waals surface area (Å²) in [6, 6.07) is 10.4. The summed E-state index contributed by atoms with van der Waals surface area (Å²) in [6.07, 6.45) is 1.02. The number of amides is 1. The summed E-state index contributed by atoms with van der Waals surface area (Å²) < 4.78 is 36.6. The Bertz CT molecular complexity index is 949. The normalized spacial score (nSPS) is 12.2. The zero-order valence-corrected chi connectivity index (χ0v) is 17.7. The largest absolute Gasteiger partial charge is 0.495 e. The van der Waals surface area contributed by atoms with Crippen molar-refractivity contribution in [3.8, 4) is 11.5 Å². The van der Waals surface area contributed by atoms with Crippen LogP contribution < -0.4 is 19.1 Å². The molecule has 0 unspecified atom stereocenters. The Labute approximate surface area is 170 Å². The van der Waals surface area contributed by atoms with Crippen molar-refractivity contribution in [1.29, 1.82) is 0 Å². The molecule has 152 valence electrons. The second-order valence-electron chi connectivity index (χ2n) is 6.00. The van der Waals surface area contributed by atoms with Crippen molar-refractivity contribution in [2.75, 3.05) is 29.6 Å². The molecule has 1 N–H and O–H groups in total. The number of halogens is 1. The molecule has 2 aromatic rings. The number of hydrogen-bond acceptors (Lipinski definition) is 5. The van der Waals surface area contributed by atoms with E-state index in [0.29, 0.717) is 23.1 Å². The Hall–Kier alpha value is -2.45. The van der Waals surface area contributed by atoms with E-state index < -0.39 is 22.0 Å². The van der Waals surface area contributed by atoms with Gasteiger partial charge in [-0.15, -0.1) is 0 Å². The average molecular weight is 427 g/mol. The Morgan fingerprint density at radius 3 is 2.57 bits per heavy atom. The van der Waals surface area contributed by atoms with Crippen LogP contribution in [0.1, 0.15) is 13.8 Å². The number of nitrogens with zero attached hydrogens (tertiary/aromatic N) is 1. The molecule has 1 atom stereocenters. The molecule has 0 aliphatic heterocycles. The van der Waals surface area contributed by atoms with Crippen LogP contribution in [0.3, 0.4) is 0 Å². The highest BCUT2D eigenvalue weighted by atomic mass is 35.5. The number of nitrogens with one attached hydrogen (secondary N) is 1. The van der Waals surface area contributed by atoms with Crippen LogP contribution in [0.4, 0.5) is 11.4 Å². The highest BCUT2D eigenvalue weighted by molar-refractivity contribution is 7.92. The molecule has 0 aliphatic carbocycles. The Morgan fingerprint density at radius 2 is 1.96 bits per heavy atom. The van der Waals surface area contributed by atoms with Gasteiger partial charge in [0.2, 0.25) is 15.9 Å². The molecule has 0 radical (unpaired) electrons. The van der Waals surface area contributed by atoms with E-state index in [2.05, 4.69) is 5.32 Å². The fourth-order valence-corrected chi connectivity index (χ4v) is 4.03. The third-order valence-corrected chi connectivity index (χ3v) is 5.34. The number of sulfonamides is 1. The monoisotopic (exact) mass is 426 g/mol. The standard InChI is InChI=1S/C19H23ClN2O5S/c1-5-27-16-8-6-7-15(12-16)21-19(23)13(2)22(28(4,24)25)17-11-14(20)9-10-18(17)26-3/h6-13H,5H2,1-4H3,(H,21,23)/t13-/m1/s1. The predicted molar refractivity (Wildman–Crippen MR) is 111 cm³/mol. The maximum atomic E-state index is 12.8. The van der Waals surface area contributed by atoms with Crippen LogP contribution in [0, 0.1) is 0 Å². The summed E-state index contributed by atoms with van der Waals surface area (Å²) in [5, 5.41) is 3.04. The van der Waals surface area contributed by atoms with Crippen LogP contribution >= 0.6 is 11.6 Å². The van der Waals surface area contributed by atoms with Crippen LogP contribution in [-0.2, 0) is 14.8 Å². The van der Waals surface area contributed by atoms with E-state index in [1.807, 2.05) is 6.92 Å². The minimum atomic E-state index is -3.81. The van der Waals surface area contributed by atoms with Crippen molar-refractivity contribution < 1.29 is 22.7 Å². The molecule has 0 saturated carbocycles. The van der Waals surface area contributed by atoms with Crippen molar-refractivity contribution in [3.05, 3.63) is 47.5 Å². The van der Waals surface area contributed by atoms with Gasteiger partial charge in [0, 0.05) is 16.8 Å². The van der Waals surface area contributed by atoms with Crippen molar-refractivity contribution in [3.63, 3.8) is 0 Å². The van der Waals surface area contributed by atoms with E-state index in [9.17, 15) is 13.2 Å². The molecular weight excluding hydrogens is 404 g/mol. The SMILES string of the molecule is CCOc1cccc(NC(=O)[C@@H](C)N(c2cc(Cl)ccc2OC)S(C)(=O)=O)c1. The average Bonchev–Trinajstić information content (AvgIpc) is 2.61. The van der Waals surface area contributed by atoms with Crippen molar-refractivity contribution in [2.45, 2.75) is 19.9 Å². The second kappa shape index (κ2) is 9.16. The van der Waals surface area contributed by atoms with Crippen LogP contribution in [0.5, 0.6) is 11.5 Å². The molecule has 0 fully saturated rings. The summed E-state index contributed by atoms with van der Waals surface area (Å²) >= 11 is 6.04. The third-order valence-electron chi connectivity index (χ3n) is 3.88. The van der Waals surface area contributed by atoms with Crippen molar-refractivity contribution in [1.82, 2.24) is 0 Å². The quantitative estimate of drug-likeness (QED) is 0.697. The van der Waals surface area contributed by atoms with Crippen molar-refractivity contribution >= 4 is 38.9 Å². The van der Waals surface area contributed by atoms with Gasteiger partial charge in [-0.3, -0.25) is 9.10 Å². The number of methoxy groups -OCH3 is 1. The van der Waals surface area contributed by atoms with Crippen LogP contribution in [0.25, 0.3) is 0 Å². The summed E-state index contributed by atoms with van der Waals surface area (Å²) in [6.45, 7) is 3.84. The van der Waals surface area contributed by atoms with E-state index in [1.165, 1.54) is 20.1 Å². The summed E-state index contributed by atoms with van der Waals surface area (Å²) in [7, 11) is -2.40. The molecule has 0 spiro atoms. The van der Waals surface area contributed by atoms with Gasteiger partial charge < -0.3 is 14.8 Å². The number of ether oxygens (including phenoxy) is 2. The number of hydrogen-bond donors (Lipinski definition) is 1. The summed E-state index contributed by atoms with van der Waals surface area (Å²) in [4.78, 5) is 12.8. The number of rotatable bonds is 8. The minimum Gasteiger partial charge on any atom is -0.495 e. The van der Waals surface area contributed by atoms with Gasteiger partial charge in [0.25, 0.3) is 0 Å². The lowest BCUT2D eigenvalue weighted by atomic mass is 10.2. The molecule has 28 heavy (non-hydrogen) atoms. The summed E-state index contributed by atoms with van der Waals surface area (Å²) in [5.74, 6) is 0.373. The fourth-order valence-electron chi connectivity index (χ4n) is 2.69. The number of benzene rings is 2. The van der Waals surface area contributed by atoms with Crippen LogP contribution in [0.15, 0.2) is 42.5 Å². The molecule has 7 nitrogen and oxygen atoms in total. The van der Waals surface area contributed by atoms with Gasteiger partial charge >= 0.3 is 0 Å². The molecule has 0 saturated heterocycles. The van der Waals surface area contributed by atoms with Gasteiger partial charge in [0.15, 0.2) is 0 Å². The highest BCUT2D eigenvalue weighted by Gasteiger charge is 2.31. The van der Waals surface area contributed by atoms with E-state index in [4.69, 9.17) is 21.1 Å². The van der Waals surface area contributed by atoms with Crippen LogP contribution in [-0.4, -0.2) is 40.3 Å². The number of anilines is 2. The predicted octanol–water partition coefficient (Wildman–Crippen LogP) is 3.54. The lowest BCUT2D eigenvalue weighted by molar-refractivity contribution is -0.116. The first kappa shape index (κ1) is 21.8. The first-order chi connectivity index (χ1) is 13.2. The maximum absolute atomic E-state index is 12.8. The Kier molecular flexibility index (Phi) is 7.15. The first-order valence-electron chi connectivity index (χ1n) is 8.54. The molecular formula is C19H23ClN2O5S. The molecule has 0 bridgehead atoms. The molecule has 9 heteroatoms. The Morgan fingerprint density at radius 1 is 1.25 bits per heavy atom. The van der Waals surface area contributed by atoms with E-state index in [0.717, 1.165) is 10.6 Å². The van der Waals surface area contributed by atoms with E-state index in [-0.39, 0.29) is 11.4 Å². The second-order valence-corrected chi connectivity index (χ2v) is 8.30. The van der Waals surface area contributed by atoms with Gasteiger partial charge in [-0.1, -0.05) is 17.7 Å². The summed E-state index contributed by atoms with van der Waals surface area (Å²) in [5.41, 5.74) is 0.678. The minimum absolute atomic E-state index is 0.184. The lowest BCUT2D eigenvalue weighted by Crippen LogP contribution is -2.45. The molecule has 2 rings (SSSR count). The number of carbonyl (C=O) groups excluding carboxylic acids is 1. The first-order valence-corrected chi connectivity index (χ1v) is 10.8. The molecule has 2 aromatic carbocycles. The van der Waals surface area contributed by atoms with Crippen LogP contribution in [0.2, 0.25) is 5.02 Å². The zero-order valence-electron chi connectivity index (χ0n) is 16.1. The molecule has 1 amide bonds. The lowest BCUT2D eigenvalue weighted by Gasteiger charge is -2.29.